The molecule has 0 aliphatic rings. The highest BCUT2D eigenvalue weighted by atomic mass is 16.5. The standard InChI is InChI=1S/C32H46N4O6/c37-29(33-21-11-1-2-13-23-35-31(39)42-26-28-17-9-6-10-18-28)19-20-30(38)34-22-12-3-4-14-24-36(32(40)41)25-27-15-7-5-8-16-27/h5-10,15-18H,1-4,11-14,19-26H2,(H,33,37)(H,34,38)(H,35,39)(H,40,41). The lowest BCUT2D eigenvalue weighted by Crippen LogP contribution is -2.30. The number of carboxylic acid groups (broad SMARTS) is 1. The molecule has 10 heteroatoms. The van der Waals surface area contributed by atoms with Crippen LogP contribution in [-0.2, 0) is 27.5 Å². The molecule has 2 rings (SSSR count). The minimum atomic E-state index is -0.918. The molecule has 10 nitrogen and oxygen atoms in total. The Morgan fingerprint density at radius 1 is 0.619 bits per heavy atom. The Balaban J connectivity index is 1.36. The monoisotopic (exact) mass is 582 g/mol. The van der Waals surface area contributed by atoms with Gasteiger partial charge in [-0.1, -0.05) is 86.3 Å². The van der Waals surface area contributed by atoms with Crippen molar-refractivity contribution in [2.75, 3.05) is 26.2 Å². The third-order valence-corrected chi connectivity index (χ3v) is 6.65. The van der Waals surface area contributed by atoms with Crippen LogP contribution in [0.15, 0.2) is 60.7 Å². The summed E-state index contributed by atoms with van der Waals surface area (Å²) in [5, 5.41) is 17.9. The Morgan fingerprint density at radius 2 is 1.10 bits per heavy atom. The van der Waals surface area contributed by atoms with Crippen molar-refractivity contribution < 1.29 is 29.0 Å². The number of benzene rings is 2. The van der Waals surface area contributed by atoms with E-state index in [2.05, 4.69) is 16.0 Å². The summed E-state index contributed by atoms with van der Waals surface area (Å²) >= 11 is 0. The van der Waals surface area contributed by atoms with Gasteiger partial charge in [-0.25, -0.2) is 9.59 Å². The topological polar surface area (TPSA) is 137 Å². The van der Waals surface area contributed by atoms with Crippen molar-refractivity contribution in [2.24, 2.45) is 0 Å². The predicted octanol–water partition coefficient (Wildman–Crippen LogP) is 5.23. The molecule has 0 bridgehead atoms. The molecule has 2 aromatic carbocycles. The first-order valence-electron chi connectivity index (χ1n) is 14.9. The first kappa shape index (κ1) is 34.1. The SMILES string of the molecule is O=C(CCC(=O)NCCCCCCN(Cc1ccccc1)C(=O)O)NCCCCCCNC(=O)OCc1ccccc1. The Morgan fingerprint density at radius 3 is 1.62 bits per heavy atom. The lowest BCUT2D eigenvalue weighted by Gasteiger charge is -2.19. The molecule has 0 saturated heterocycles. The highest BCUT2D eigenvalue weighted by molar-refractivity contribution is 5.83. The number of unbranched alkanes of at least 4 members (excludes halogenated alkanes) is 6. The van der Waals surface area contributed by atoms with Gasteiger partial charge < -0.3 is 30.7 Å². The van der Waals surface area contributed by atoms with Crippen molar-refractivity contribution in [1.82, 2.24) is 20.9 Å². The van der Waals surface area contributed by atoms with Crippen LogP contribution in [0.1, 0.15) is 75.3 Å². The van der Waals surface area contributed by atoms with Crippen LogP contribution in [-0.4, -0.2) is 60.2 Å². The fourth-order valence-corrected chi connectivity index (χ4v) is 4.25. The molecule has 0 aliphatic carbocycles. The minimum Gasteiger partial charge on any atom is -0.465 e. The molecule has 0 unspecified atom stereocenters. The molecule has 4 amide bonds. The molecule has 4 N–H and O–H groups in total. The van der Waals surface area contributed by atoms with Gasteiger partial charge in [-0.05, 0) is 36.8 Å². The maximum absolute atomic E-state index is 12.0. The molecule has 0 aliphatic heterocycles. The highest BCUT2D eigenvalue weighted by Gasteiger charge is 2.12. The van der Waals surface area contributed by atoms with Gasteiger partial charge in [0.15, 0.2) is 0 Å². The molecule has 0 heterocycles. The number of carbonyl (C=O) groups excluding carboxylic acids is 3. The van der Waals surface area contributed by atoms with E-state index in [0.717, 1.165) is 62.5 Å². The first-order chi connectivity index (χ1) is 20.4. The van der Waals surface area contributed by atoms with Crippen LogP contribution >= 0.6 is 0 Å². The Labute approximate surface area is 249 Å². The number of hydrogen-bond acceptors (Lipinski definition) is 5. The number of ether oxygens (including phenoxy) is 1. The van der Waals surface area contributed by atoms with Crippen molar-refractivity contribution in [3.8, 4) is 0 Å². The quantitative estimate of drug-likeness (QED) is 0.149. The highest BCUT2D eigenvalue weighted by Crippen LogP contribution is 2.08. The zero-order valence-corrected chi connectivity index (χ0v) is 24.5. The minimum absolute atomic E-state index is 0.133. The van der Waals surface area contributed by atoms with E-state index >= 15 is 0 Å². The zero-order chi connectivity index (χ0) is 30.3. The summed E-state index contributed by atoms with van der Waals surface area (Å²) in [5.41, 5.74) is 1.91. The van der Waals surface area contributed by atoms with Gasteiger partial charge in [0.1, 0.15) is 6.61 Å². The van der Waals surface area contributed by atoms with Crippen LogP contribution in [0.5, 0.6) is 0 Å². The zero-order valence-electron chi connectivity index (χ0n) is 24.5. The van der Waals surface area contributed by atoms with E-state index < -0.39 is 12.2 Å². The number of hydrogen-bond donors (Lipinski definition) is 4. The smallest absolute Gasteiger partial charge is 0.407 e. The normalized spacial score (nSPS) is 10.5. The fourth-order valence-electron chi connectivity index (χ4n) is 4.25. The fraction of sp³-hybridized carbons (Fsp3) is 0.500. The van der Waals surface area contributed by atoms with E-state index in [4.69, 9.17) is 4.74 Å². The van der Waals surface area contributed by atoms with Crippen LogP contribution in [0.25, 0.3) is 0 Å². The molecule has 0 spiro atoms. The van der Waals surface area contributed by atoms with Gasteiger partial charge >= 0.3 is 12.2 Å². The molecule has 0 saturated carbocycles. The van der Waals surface area contributed by atoms with Gasteiger partial charge in [0, 0.05) is 45.6 Å². The van der Waals surface area contributed by atoms with Gasteiger partial charge in [-0.2, -0.15) is 0 Å². The van der Waals surface area contributed by atoms with Gasteiger partial charge in [-0.15, -0.1) is 0 Å². The third-order valence-electron chi connectivity index (χ3n) is 6.65. The number of carbonyl (C=O) groups is 4. The Kier molecular flexibility index (Phi) is 17.6. The van der Waals surface area contributed by atoms with E-state index in [1.54, 1.807) is 0 Å². The molecular weight excluding hydrogens is 536 g/mol. The summed E-state index contributed by atoms with van der Waals surface area (Å²) in [5.74, 6) is -0.272. The molecule has 0 atom stereocenters. The lowest BCUT2D eigenvalue weighted by atomic mass is 10.1. The molecule has 0 aromatic heterocycles. The van der Waals surface area contributed by atoms with Gasteiger partial charge in [0.2, 0.25) is 11.8 Å². The maximum atomic E-state index is 12.0. The first-order valence-corrected chi connectivity index (χ1v) is 14.9. The molecule has 0 radical (unpaired) electrons. The number of alkyl carbamates (subject to hydrolysis) is 1. The van der Waals surface area contributed by atoms with Gasteiger partial charge in [-0.3, -0.25) is 9.59 Å². The summed E-state index contributed by atoms with van der Waals surface area (Å²) in [6.07, 6.45) is 5.89. The van der Waals surface area contributed by atoms with Crippen molar-refractivity contribution in [1.29, 1.82) is 0 Å². The summed E-state index contributed by atoms with van der Waals surface area (Å²) in [6.45, 7) is 2.78. The van der Waals surface area contributed by atoms with E-state index in [9.17, 15) is 24.3 Å². The number of amides is 4. The lowest BCUT2D eigenvalue weighted by molar-refractivity contribution is -0.126. The second-order valence-corrected chi connectivity index (χ2v) is 10.2. The van der Waals surface area contributed by atoms with E-state index in [0.29, 0.717) is 32.7 Å². The van der Waals surface area contributed by atoms with Crippen LogP contribution in [0.4, 0.5) is 9.59 Å². The average Bonchev–Trinajstić information content (AvgIpc) is 3.00. The van der Waals surface area contributed by atoms with Crippen LogP contribution in [0.3, 0.4) is 0 Å². The number of nitrogens with one attached hydrogen (secondary N) is 3. The number of nitrogens with zero attached hydrogens (tertiary/aromatic N) is 1. The third kappa shape index (κ3) is 16.9. The second-order valence-electron chi connectivity index (χ2n) is 10.2. The molecule has 230 valence electrons. The van der Waals surface area contributed by atoms with Gasteiger partial charge in [0.05, 0.1) is 0 Å². The average molecular weight is 583 g/mol. The summed E-state index contributed by atoms with van der Waals surface area (Å²) in [7, 11) is 0. The number of rotatable bonds is 21. The van der Waals surface area contributed by atoms with Crippen molar-refractivity contribution >= 4 is 24.0 Å². The maximum Gasteiger partial charge on any atom is 0.407 e. The predicted molar refractivity (Wildman–Crippen MR) is 162 cm³/mol. The largest absolute Gasteiger partial charge is 0.465 e. The van der Waals surface area contributed by atoms with E-state index in [1.807, 2.05) is 60.7 Å². The summed E-state index contributed by atoms with van der Waals surface area (Å²) in [4.78, 5) is 48.6. The summed E-state index contributed by atoms with van der Waals surface area (Å²) in [6, 6.07) is 19.1. The van der Waals surface area contributed by atoms with E-state index in [-0.39, 0.29) is 31.3 Å². The second kappa shape index (κ2) is 21.6. The Bertz CT molecular complexity index is 1050. The van der Waals surface area contributed by atoms with Crippen LogP contribution < -0.4 is 16.0 Å². The van der Waals surface area contributed by atoms with Crippen molar-refractivity contribution in [3.63, 3.8) is 0 Å². The van der Waals surface area contributed by atoms with Crippen molar-refractivity contribution in [3.05, 3.63) is 71.8 Å². The van der Waals surface area contributed by atoms with Crippen molar-refractivity contribution in [2.45, 2.75) is 77.4 Å². The molecule has 42 heavy (non-hydrogen) atoms. The molecule has 2 aromatic rings. The molecular formula is C32H46N4O6. The Hall–Kier alpha value is -4.08. The van der Waals surface area contributed by atoms with Gasteiger partial charge in [0.25, 0.3) is 0 Å². The summed E-state index contributed by atoms with van der Waals surface area (Å²) < 4.78 is 5.17. The molecule has 0 fully saturated rings. The van der Waals surface area contributed by atoms with E-state index in [1.165, 1.54) is 4.90 Å². The van der Waals surface area contributed by atoms with Crippen LogP contribution in [0, 0.1) is 0 Å². The van der Waals surface area contributed by atoms with Crippen LogP contribution in [0.2, 0.25) is 0 Å².